The van der Waals surface area contributed by atoms with E-state index in [0.717, 1.165) is 25.7 Å². The summed E-state index contributed by atoms with van der Waals surface area (Å²) in [5, 5.41) is 3.48. The van der Waals surface area contributed by atoms with Gasteiger partial charge in [-0.1, -0.05) is 20.8 Å². The molecule has 2 heteroatoms. The lowest BCUT2D eigenvalue weighted by atomic mass is 10.0. The summed E-state index contributed by atoms with van der Waals surface area (Å²) in [5.74, 6) is 0.719. The van der Waals surface area contributed by atoms with Crippen LogP contribution >= 0.6 is 0 Å². The van der Waals surface area contributed by atoms with Crippen LogP contribution in [0.1, 0.15) is 34.1 Å². The molecule has 0 aromatic heterocycles. The fourth-order valence-corrected chi connectivity index (χ4v) is 1.31. The molecule has 0 aliphatic carbocycles. The van der Waals surface area contributed by atoms with Crippen LogP contribution in [0, 0.1) is 5.92 Å². The zero-order valence-electron chi connectivity index (χ0n) is 8.89. The summed E-state index contributed by atoms with van der Waals surface area (Å²) in [5.41, 5.74) is 0. The molecule has 0 saturated heterocycles. The van der Waals surface area contributed by atoms with E-state index in [-0.39, 0.29) is 0 Å². The average Bonchev–Trinajstić information content (AvgIpc) is 2.04. The van der Waals surface area contributed by atoms with Crippen molar-refractivity contribution < 1.29 is 4.74 Å². The van der Waals surface area contributed by atoms with Crippen LogP contribution in [0.5, 0.6) is 0 Å². The molecule has 0 rings (SSSR count). The van der Waals surface area contributed by atoms with Crippen LogP contribution in [0.25, 0.3) is 0 Å². The van der Waals surface area contributed by atoms with E-state index in [1.165, 1.54) is 6.42 Å². The van der Waals surface area contributed by atoms with E-state index in [1.807, 2.05) is 6.92 Å². The summed E-state index contributed by atoms with van der Waals surface area (Å²) in [4.78, 5) is 0. The Labute approximate surface area is 76.7 Å². The van der Waals surface area contributed by atoms with Gasteiger partial charge in [-0.3, -0.25) is 0 Å². The summed E-state index contributed by atoms with van der Waals surface area (Å²) < 4.78 is 5.25. The number of nitrogens with one attached hydrogen (secondary N) is 1. The second-order valence-electron chi connectivity index (χ2n) is 3.41. The van der Waals surface area contributed by atoms with Gasteiger partial charge in [-0.15, -0.1) is 0 Å². The SMILES string of the molecule is CCOCCNC(CC)C(C)C. The molecular weight excluding hydrogens is 150 g/mol. The molecule has 0 aliphatic rings. The van der Waals surface area contributed by atoms with Crippen LogP contribution in [-0.4, -0.2) is 25.8 Å². The highest BCUT2D eigenvalue weighted by Crippen LogP contribution is 2.04. The molecule has 1 N–H and O–H groups in total. The Morgan fingerprint density at radius 1 is 1.25 bits per heavy atom. The van der Waals surface area contributed by atoms with Crippen LogP contribution < -0.4 is 5.32 Å². The van der Waals surface area contributed by atoms with E-state index in [2.05, 4.69) is 26.1 Å². The van der Waals surface area contributed by atoms with Crippen molar-refractivity contribution in [2.24, 2.45) is 5.92 Å². The van der Waals surface area contributed by atoms with Crippen molar-refractivity contribution in [3.05, 3.63) is 0 Å². The highest BCUT2D eigenvalue weighted by molar-refractivity contribution is 4.67. The van der Waals surface area contributed by atoms with Gasteiger partial charge in [0, 0.05) is 19.2 Å². The fraction of sp³-hybridized carbons (Fsp3) is 1.00. The Morgan fingerprint density at radius 3 is 2.33 bits per heavy atom. The molecule has 0 radical (unpaired) electrons. The molecule has 0 fully saturated rings. The third-order valence-corrected chi connectivity index (χ3v) is 2.10. The van der Waals surface area contributed by atoms with Crippen LogP contribution in [0.15, 0.2) is 0 Å². The Bertz CT molecular complexity index is 93.8. The quantitative estimate of drug-likeness (QED) is 0.595. The molecule has 0 heterocycles. The molecule has 2 nitrogen and oxygen atoms in total. The molecule has 1 unspecified atom stereocenters. The number of hydrogen-bond acceptors (Lipinski definition) is 2. The molecule has 0 bridgehead atoms. The Morgan fingerprint density at radius 2 is 1.92 bits per heavy atom. The lowest BCUT2D eigenvalue weighted by Gasteiger charge is -2.20. The lowest BCUT2D eigenvalue weighted by molar-refractivity contribution is 0.144. The predicted molar refractivity (Wildman–Crippen MR) is 53.4 cm³/mol. The van der Waals surface area contributed by atoms with Crippen molar-refractivity contribution >= 4 is 0 Å². The van der Waals surface area contributed by atoms with Gasteiger partial charge in [-0.25, -0.2) is 0 Å². The van der Waals surface area contributed by atoms with Crippen LogP contribution in [-0.2, 0) is 4.74 Å². The van der Waals surface area contributed by atoms with Crippen LogP contribution in [0.4, 0.5) is 0 Å². The maximum Gasteiger partial charge on any atom is 0.0590 e. The van der Waals surface area contributed by atoms with Gasteiger partial charge in [0.25, 0.3) is 0 Å². The monoisotopic (exact) mass is 173 g/mol. The standard InChI is InChI=1S/C10H23NO/c1-5-10(9(3)4)11-7-8-12-6-2/h9-11H,5-8H2,1-4H3. The molecule has 0 amide bonds. The number of hydrogen-bond donors (Lipinski definition) is 1. The maximum absolute atomic E-state index is 5.25. The molecular formula is C10H23NO. The molecule has 74 valence electrons. The minimum Gasteiger partial charge on any atom is -0.380 e. The largest absolute Gasteiger partial charge is 0.380 e. The van der Waals surface area contributed by atoms with Crippen molar-refractivity contribution in [3.63, 3.8) is 0 Å². The minimum absolute atomic E-state index is 0.644. The highest BCUT2D eigenvalue weighted by Gasteiger charge is 2.08. The summed E-state index contributed by atoms with van der Waals surface area (Å²) >= 11 is 0. The van der Waals surface area contributed by atoms with Crippen molar-refractivity contribution in [1.29, 1.82) is 0 Å². The summed E-state index contributed by atoms with van der Waals surface area (Å²) in [7, 11) is 0. The van der Waals surface area contributed by atoms with Gasteiger partial charge in [-0.2, -0.15) is 0 Å². The molecule has 12 heavy (non-hydrogen) atoms. The van der Waals surface area contributed by atoms with Crippen LogP contribution in [0.3, 0.4) is 0 Å². The first-order valence-electron chi connectivity index (χ1n) is 5.03. The van der Waals surface area contributed by atoms with E-state index in [9.17, 15) is 0 Å². The number of rotatable bonds is 7. The summed E-state index contributed by atoms with van der Waals surface area (Å²) in [6.45, 7) is 11.4. The molecule has 0 aliphatic heterocycles. The first-order chi connectivity index (χ1) is 5.72. The maximum atomic E-state index is 5.25. The molecule has 1 atom stereocenters. The van der Waals surface area contributed by atoms with E-state index in [0.29, 0.717) is 6.04 Å². The third kappa shape index (κ3) is 5.56. The molecule has 0 spiro atoms. The van der Waals surface area contributed by atoms with Crippen LogP contribution in [0.2, 0.25) is 0 Å². The first kappa shape index (κ1) is 11.9. The van der Waals surface area contributed by atoms with Gasteiger partial charge in [0.1, 0.15) is 0 Å². The lowest BCUT2D eigenvalue weighted by Crippen LogP contribution is -2.35. The topological polar surface area (TPSA) is 21.3 Å². The second-order valence-corrected chi connectivity index (χ2v) is 3.41. The van der Waals surface area contributed by atoms with Gasteiger partial charge < -0.3 is 10.1 Å². The summed E-state index contributed by atoms with van der Waals surface area (Å²) in [6, 6.07) is 0.644. The van der Waals surface area contributed by atoms with Gasteiger partial charge in [0.15, 0.2) is 0 Å². The van der Waals surface area contributed by atoms with E-state index in [1.54, 1.807) is 0 Å². The van der Waals surface area contributed by atoms with Crippen molar-refractivity contribution in [3.8, 4) is 0 Å². The fourth-order valence-electron chi connectivity index (χ4n) is 1.31. The van der Waals surface area contributed by atoms with Gasteiger partial charge in [-0.05, 0) is 19.3 Å². The van der Waals surface area contributed by atoms with Crippen molar-refractivity contribution in [2.75, 3.05) is 19.8 Å². The molecule has 0 aromatic carbocycles. The smallest absolute Gasteiger partial charge is 0.0590 e. The van der Waals surface area contributed by atoms with Crippen molar-refractivity contribution in [2.45, 2.75) is 40.2 Å². The van der Waals surface area contributed by atoms with Gasteiger partial charge >= 0.3 is 0 Å². The third-order valence-electron chi connectivity index (χ3n) is 2.10. The Hall–Kier alpha value is -0.0800. The van der Waals surface area contributed by atoms with Crippen molar-refractivity contribution in [1.82, 2.24) is 5.32 Å². The zero-order valence-corrected chi connectivity index (χ0v) is 8.89. The summed E-state index contributed by atoms with van der Waals surface area (Å²) in [6.07, 6.45) is 1.20. The van der Waals surface area contributed by atoms with E-state index in [4.69, 9.17) is 4.74 Å². The minimum atomic E-state index is 0.644. The van der Waals surface area contributed by atoms with Gasteiger partial charge in [0.05, 0.1) is 6.61 Å². The Balaban J connectivity index is 3.32. The Kier molecular flexibility index (Phi) is 7.51. The van der Waals surface area contributed by atoms with E-state index < -0.39 is 0 Å². The average molecular weight is 173 g/mol. The normalized spacial score (nSPS) is 13.8. The predicted octanol–water partition coefficient (Wildman–Crippen LogP) is 2.05. The van der Waals surface area contributed by atoms with Gasteiger partial charge in [0.2, 0.25) is 0 Å². The molecule has 0 aromatic rings. The zero-order chi connectivity index (χ0) is 9.40. The number of ether oxygens (including phenoxy) is 1. The van der Waals surface area contributed by atoms with E-state index >= 15 is 0 Å². The first-order valence-corrected chi connectivity index (χ1v) is 5.03. The highest BCUT2D eigenvalue weighted by atomic mass is 16.5. The molecule has 0 saturated carbocycles. The second kappa shape index (κ2) is 7.56.